The molecule has 2 aromatic rings. The van der Waals surface area contributed by atoms with Gasteiger partial charge in [-0.3, -0.25) is 0 Å². The Morgan fingerprint density at radius 1 is 1.15 bits per heavy atom. The zero-order chi connectivity index (χ0) is 14.0. The van der Waals surface area contributed by atoms with Crippen LogP contribution in [-0.4, -0.2) is 27.2 Å². The number of fused-ring (bicyclic) bond motifs is 1. The van der Waals surface area contributed by atoms with Crippen LogP contribution in [-0.2, 0) is 0 Å². The number of aliphatic hydroxyl groups is 1. The number of aromatic nitrogens is 2. The first-order chi connectivity index (χ1) is 9.66. The van der Waals surface area contributed by atoms with Crippen LogP contribution in [0, 0.1) is 0 Å². The van der Waals surface area contributed by atoms with Crippen molar-refractivity contribution in [1.29, 1.82) is 0 Å². The molecule has 0 aliphatic heterocycles. The predicted molar refractivity (Wildman–Crippen MR) is 81.1 cm³/mol. The summed E-state index contributed by atoms with van der Waals surface area (Å²) >= 11 is 5.96. The van der Waals surface area contributed by atoms with Crippen molar-refractivity contribution in [2.24, 2.45) is 0 Å². The fourth-order valence-corrected chi connectivity index (χ4v) is 2.99. The summed E-state index contributed by atoms with van der Waals surface area (Å²) in [6, 6.07) is 7.73. The van der Waals surface area contributed by atoms with Gasteiger partial charge in [0.05, 0.1) is 11.1 Å². The molecule has 1 aliphatic carbocycles. The summed E-state index contributed by atoms with van der Waals surface area (Å²) in [5, 5.41) is 14.9. The van der Waals surface area contributed by atoms with Gasteiger partial charge >= 0.3 is 0 Å². The standard InChI is InChI=1S/C15H18ClN3O/c16-14-18-12-7-3-2-6-11(12)13(19-14)17-10-15(20)8-4-1-5-9-15/h2-3,6-7,20H,1,4-5,8-10H2,(H,17,18,19). The van der Waals surface area contributed by atoms with Crippen molar-refractivity contribution in [3.05, 3.63) is 29.5 Å². The van der Waals surface area contributed by atoms with Crippen LogP contribution in [0.1, 0.15) is 32.1 Å². The number of hydrogen-bond donors (Lipinski definition) is 2. The molecule has 3 rings (SSSR count). The molecule has 2 N–H and O–H groups in total. The molecule has 1 aliphatic rings. The third kappa shape index (κ3) is 2.86. The third-order valence-corrected chi connectivity index (χ3v) is 4.11. The van der Waals surface area contributed by atoms with Crippen molar-refractivity contribution < 1.29 is 5.11 Å². The smallest absolute Gasteiger partial charge is 0.224 e. The van der Waals surface area contributed by atoms with Crippen LogP contribution >= 0.6 is 11.6 Å². The van der Waals surface area contributed by atoms with E-state index in [4.69, 9.17) is 11.6 Å². The Labute approximate surface area is 123 Å². The van der Waals surface area contributed by atoms with Gasteiger partial charge in [-0.15, -0.1) is 0 Å². The summed E-state index contributed by atoms with van der Waals surface area (Å²) < 4.78 is 0. The third-order valence-electron chi connectivity index (χ3n) is 3.95. The number of rotatable bonds is 3. The van der Waals surface area contributed by atoms with E-state index in [-0.39, 0.29) is 5.28 Å². The number of hydrogen-bond acceptors (Lipinski definition) is 4. The van der Waals surface area contributed by atoms with Crippen molar-refractivity contribution in [3.8, 4) is 0 Å². The molecule has 0 bridgehead atoms. The Morgan fingerprint density at radius 2 is 1.90 bits per heavy atom. The fraction of sp³-hybridized carbons (Fsp3) is 0.467. The van der Waals surface area contributed by atoms with Gasteiger partial charge in [0.15, 0.2) is 0 Å². The van der Waals surface area contributed by atoms with Crippen LogP contribution in [0.2, 0.25) is 5.28 Å². The van der Waals surface area contributed by atoms with E-state index >= 15 is 0 Å². The number of halogens is 1. The molecule has 0 atom stereocenters. The second-order valence-electron chi connectivity index (χ2n) is 5.50. The minimum absolute atomic E-state index is 0.224. The van der Waals surface area contributed by atoms with Gasteiger partial charge in [-0.25, -0.2) is 9.97 Å². The summed E-state index contributed by atoms with van der Waals surface area (Å²) in [4.78, 5) is 8.45. The van der Waals surface area contributed by atoms with Crippen LogP contribution in [0.15, 0.2) is 24.3 Å². The van der Waals surface area contributed by atoms with Crippen LogP contribution in [0.3, 0.4) is 0 Å². The highest BCUT2D eigenvalue weighted by atomic mass is 35.5. The van der Waals surface area contributed by atoms with E-state index in [9.17, 15) is 5.11 Å². The van der Waals surface area contributed by atoms with Crippen molar-refractivity contribution in [3.63, 3.8) is 0 Å². The predicted octanol–water partition coefficient (Wildman–Crippen LogP) is 3.39. The zero-order valence-corrected chi connectivity index (χ0v) is 12.0. The fourth-order valence-electron chi connectivity index (χ4n) is 2.82. The maximum Gasteiger partial charge on any atom is 0.224 e. The van der Waals surface area contributed by atoms with Crippen molar-refractivity contribution in [1.82, 2.24) is 9.97 Å². The normalized spacial score (nSPS) is 18.1. The summed E-state index contributed by atoms with van der Waals surface area (Å²) in [5.74, 6) is 0.694. The van der Waals surface area contributed by atoms with Gasteiger partial charge in [-0.1, -0.05) is 31.4 Å². The quantitative estimate of drug-likeness (QED) is 0.851. The molecule has 1 heterocycles. The van der Waals surface area contributed by atoms with Crippen LogP contribution in [0.4, 0.5) is 5.82 Å². The van der Waals surface area contributed by atoms with E-state index in [2.05, 4.69) is 15.3 Å². The first-order valence-corrected chi connectivity index (χ1v) is 7.43. The molecule has 0 spiro atoms. The van der Waals surface area contributed by atoms with Gasteiger partial charge < -0.3 is 10.4 Å². The lowest BCUT2D eigenvalue weighted by Gasteiger charge is -2.32. The monoisotopic (exact) mass is 291 g/mol. The highest BCUT2D eigenvalue weighted by Gasteiger charge is 2.29. The molecule has 106 valence electrons. The lowest BCUT2D eigenvalue weighted by molar-refractivity contribution is 0.0167. The average Bonchev–Trinajstić information content (AvgIpc) is 2.45. The number of nitrogens with zero attached hydrogens (tertiary/aromatic N) is 2. The van der Waals surface area contributed by atoms with E-state index in [1.165, 1.54) is 6.42 Å². The lowest BCUT2D eigenvalue weighted by atomic mass is 9.85. The summed E-state index contributed by atoms with van der Waals surface area (Å²) in [6.07, 6.45) is 5.07. The maximum absolute atomic E-state index is 10.5. The molecule has 0 unspecified atom stereocenters. The molecule has 1 aromatic heterocycles. The summed E-state index contributed by atoms with van der Waals surface area (Å²) in [5.41, 5.74) is 0.183. The first kappa shape index (κ1) is 13.6. The van der Waals surface area contributed by atoms with E-state index in [0.29, 0.717) is 12.4 Å². The molecule has 1 fully saturated rings. The molecule has 5 heteroatoms. The van der Waals surface area contributed by atoms with Crippen molar-refractivity contribution in [2.45, 2.75) is 37.7 Å². The number of benzene rings is 1. The molecular formula is C15H18ClN3O. The Kier molecular flexibility index (Phi) is 3.76. The summed E-state index contributed by atoms with van der Waals surface area (Å²) in [6.45, 7) is 0.504. The second-order valence-corrected chi connectivity index (χ2v) is 5.84. The second kappa shape index (κ2) is 5.54. The molecule has 0 saturated heterocycles. The van der Waals surface area contributed by atoms with Gasteiger partial charge in [0.2, 0.25) is 5.28 Å². The molecule has 1 saturated carbocycles. The highest BCUT2D eigenvalue weighted by molar-refractivity contribution is 6.28. The highest BCUT2D eigenvalue weighted by Crippen LogP contribution is 2.29. The Bertz CT molecular complexity index is 611. The van der Waals surface area contributed by atoms with Gasteiger partial charge in [-0.05, 0) is 36.6 Å². The Morgan fingerprint density at radius 3 is 2.70 bits per heavy atom. The van der Waals surface area contributed by atoms with Gasteiger partial charge in [-0.2, -0.15) is 0 Å². The van der Waals surface area contributed by atoms with Crippen molar-refractivity contribution >= 4 is 28.3 Å². The molecule has 0 amide bonds. The van der Waals surface area contributed by atoms with E-state index in [1.54, 1.807) is 0 Å². The minimum Gasteiger partial charge on any atom is -0.388 e. The lowest BCUT2D eigenvalue weighted by Crippen LogP contribution is -2.39. The molecule has 1 aromatic carbocycles. The van der Waals surface area contributed by atoms with Crippen LogP contribution in [0.5, 0.6) is 0 Å². The van der Waals surface area contributed by atoms with E-state index in [1.807, 2.05) is 24.3 Å². The molecular weight excluding hydrogens is 274 g/mol. The minimum atomic E-state index is -0.628. The maximum atomic E-state index is 10.5. The number of anilines is 1. The molecule has 20 heavy (non-hydrogen) atoms. The van der Waals surface area contributed by atoms with E-state index in [0.717, 1.165) is 36.6 Å². The SMILES string of the molecule is OC1(CNc2nc(Cl)nc3ccccc23)CCCCC1. The average molecular weight is 292 g/mol. The van der Waals surface area contributed by atoms with Crippen molar-refractivity contribution in [2.75, 3.05) is 11.9 Å². The Balaban J connectivity index is 1.83. The number of para-hydroxylation sites is 1. The van der Waals surface area contributed by atoms with E-state index < -0.39 is 5.60 Å². The Hall–Kier alpha value is -1.39. The molecule has 4 nitrogen and oxygen atoms in total. The summed E-state index contributed by atoms with van der Waals surface area (Å²) in [7, 11) is 0. The molecule has 0 radical (unpaired) electrons. The van der Waals surface area contributed by atoms with Crippen LogP contribution < -0.4 is 5.32 Å². The van der Waals surface area contributed by atoms with Crippen LogP contribution in [0.25, 0.3) is 10.9 Å². The largest absolute Gasteiger partial charge is 0.388 e. The van der Waals surface area contributed by atoms with Gasteiger partial charge in [0.25, 0.3) is 0 Å². The van der Waals surface area contributed by atoms with Gasteiger partial charge in [0.1, 0.15) is 5.82 Å². The number of nitrogens with one attached hydrogen (secondary N) is 1. The zero-order valence-electron chi connectivity index (χ0n) is 11.3. The topological polar surface area (TPSA) is 58.0 Å². The first-order valence-electron chi connectivity index (χ1n) is 7.05. The van der Waals surface area contributed by atoms with Gasteiger partial charge in [0, 0.05) is 11.9 Å².